The normalized spacial score (nSPS) is 10.7. The Balaban J connectivity index is 2.34. The molecular formula is C10H9Cl2N3O. The Morgan fingerprint density at radius 2 is 1.88 bits per heavy atom. The molecule has 1 aromatic heterocycles. The molecule has 0 bridgehead atoms. The lowest BCUT2D eigenvalue weighted by atomic mass is 10.2. The standard InChI is InChI=1S/C10H9Cl2N3O/c11-7-3-6(4-8(12)5-7)10-14-9(1-2-13)16-15-10/h3-5H,1-2,13H2. The molecule has 0 saturated carbocycles. The SMILES string of the molecule is NCCc1nc(-c2cc(Cl)cc(Cl)c2)no1. The van der Waals surface area contributed by atoms with Crippen molar-refractivity contribution in [3.63, 3.8) is 0 Å². The van der Waals surface area contributed by atoms with E-state index in [0.29, 0.717) is 34.7 Å². The molecule has 4 nitrogen and oxygen atoms in total. The molecule has 0 spiro atoms. The number of nitrogens with zero attached hydrogens (tertiary/aromatic N) is 2. The second kappa shape index (κ2) is 4.82. The molecular weight excluding hydrogens is 249 g/mol. The number of hydrogen-bond acceptors (Lipinski definition) is 4. The van der Waals surface area contributed by atoms with Crippen molar-refractivity contribution in [1.82, 2.24) is 10.1 Å². The summed E-state index contributed by atoms with van der Waals surface area (Å²) < 4.78 is 5.01. The maximum Gasteiger partial charge on any atom is 0.228 e. The first-order valence-corrected chi connectivity index (χ1v) is 5.44. The first-order valence-electron chi connectivity index (χ1n) is 4.68. The molecule has 0 fully saturated rings. The number of halogens is 2. The molecule has 0 saturated heterocycles. The monoisotopic (exact) mass is 257 g/mol. The van der Waals surface area contributed by atoms with E-state index in [1.807, 2.05) is 0 Å². The molecule has 0 unspecified atom stereocenters. The van der Waals surface area contributed by atoms with Crippen LogP contribution in [-0.4, -0.2) is 16.7 Å². The molecule has 84 valence electrons. The van der Waals surface area contributed by atoms with Crippen LogP contribution in [0.2, 0.25) is 10.0 Å². The van der Waals surface area contributed by atoms with E-state index < -0.39 is 0 Å². The maximum absolute atomic E-state index is 5.88. The van der Waals surface area contributed by atoms with E-state index >= 15 is 0 Å². The average Bonchev–Trinajstić information content (AvgIpc) is 2.65. The lowest BCUT2D eigenvalue weighted by Crippen LogP contribution is -2.02. The first kappa shape index (κ1) is 11.4. The molecule has 2 N–H and O–H groups in total. The van der Waals surface area contributed by atoms with Gasteiger partial charge in [0.2, 0.25) is 11.7 Å². The third kappa shape index (κ3) is 2.52. The minimum Gasteiger partial charge on any atom is -0.339 e. The van der Waals surface area contributed by atoms with Gasteiger partial charge in [-0.15, -0.1) is 0 Å². The van der Waals surface area contributed by atoms with Crippen molar-refractivity contribution in [2.45, 2.75) is 6.42 Å². The van der Waals surface area contributed by atoms with Gasteiger partial charge in [0.25, 0.3) is 0 Å². The number of nitrogens with two attached hydrogens (primary N) is 1. The van der Waals surface area contributed by atoms with Gasteiger partial charge < -0.3 is 10.3 Å². The summed E-state index contributed by atoms with van der Waals surface area (Å²) in [5.41, 5.74) is 6.11. The third-order valence-electron chi connectivity index (χ3n) is 1.95. The molecule has 0 radical (unpaired) electrons. The van der Waals surface area contributed by atoms with Crippen LogP contribution in [0.5, 0.6) is 0 Å². The average molecular weight is 258 g/mol. The molecule has 2 rings (SSSR count). The highest BCUT2D eigenvalue weighted by atomic mass is 35.5. The molecule has 0 aliphatic carbocycles. The van der Waals surface area contributed by atoms with Gasteiger partial charge in [-0.3, -0.25) is 0 Å². The van der Waals surface area contributed by atoms with Crippen molar-refractivity contribution in [2.75, 3.05) is 6.54 Å². The summed E-state index contributed by atoms with van der Waals surface area (Å²) in [6.07, 6.45) is 0.557. The Bertz CT molecular complexity index is 478. The highest BCUT2D eigenvalue weighted by Crippen LogP contribution is 2.25. The summed E-state index contributed by atoms with van der Waals surface area (Å²) in [6.45, 7) is 0.470. The van der Waals surface area contributed by atoms with Crippen LogP contribution in [0, 0.1) is 0 Å². The molecule has 0 aliphatic rings. The fourth-order valence-electron chi connectivity index (χ4n) is 1.28. The van der Waals surface area contributed by atoms with Gasteiger partial charge in [-0.1, -0.05) is 28.4 Å². The van der Waals surface area contributed by atoms with Crippen molar-refractivity contribution in [1.29, 1.82) is 0 Å². The lowest BCUT2D eigenvalue weighted by molar-refractivity contribution is 0.380. The number of hydrogen-bond donors (Lipinski definition) is 1. The Labute approximate surface area is 102 Å². The van der Waals surface area contributed by atoms with Crippen LogP contribution in [0.1, 0.15) is 5.89 Å². The molecule has 0 atom stereocenters. The topological polar surface area (TPSA) is 64.9 Å². The van der Waals surface area contributed by atoms with Crippen LogP contribution < -0.4 is 5.73 Å². The summed E-state index contributed by atoms with van der Waals surface area (Å²) in [4.78, 5) is 4.18. The zero-order chi connectivity index (χ0) is 11.5. The molecule has 2 aromatic rings. The first-order chi connectivity index (χ1) is 7.69. The van der Waals surface area contributed by atoms with Crippen molar-refractivity contribution in [2.24, 2.45) is 5.73 Å². The summed E-state index contributed by atoms with van der Waals surface area (Å²) in [7, 11) is 0. The Morgan fingerprint density at radius 3 is 2.50 bits per heavy atom. The van der Waals surface area contributed by atoms with Crippen LogP contribution in [-0.2, 0) is 6.42 Å². The van der Waals surface area contributed by atoms with Gasteiger partial charge in [0, 0.05) is 28.6 Å². The predicted molar refractivity (Wildman–Crippen MR) is 62.5 cm³/mol. The minimum atomic E-state index is 0.466. The summed E-state index contributed by atoms with van der Waals surface area (Å²) in [6, 6.07) is 5.10. The van der Waals surface area contributed by atoms with Gasteiger partial charge in [-0.05, 0) is 18.2 Å². The Hall–Kier alpha value is -1.10. The largest absolute Gasteiger partial charge is 0.339 e. The van der Waals surface area contributed by atoms with Crippen molar-refractivity contribution in [3.8, 4) is 11.4 Å². The van der Waals surface area contributed by atoms with Crippen molar-refractivity contribution in [3.05, 3.63) is 34.1 Å². The zero-order valence-corrected chi connectivity index (χ0v) is 9.79. The van der Waals surface area contributed by atoms with Gasteiger partial charge in [0.15, 0.2) is 0 Å². The smallest absolute Gasteiger partial charge is 0.228 e. The molecule has 1 heterocycles. The van der Waals surface area contributed by atoms with Gasteiger partial charge in [-0.25, -0.2) is 0 Å². The van der Waals surface area contributed by atoms with Crippen molar-refractivity contribution < 1.29 is 4.52 Å². The van der Waals surface area contributed by atoms with E-state index in [1.54, 1.807) is 18.2 Å². The highest BCUT2D eigenvalue weighted by molar-refractivity contribution is 6.35. The molecule has 16 heavy (non-hydrogen) atoms. The third-order valence-corrected chi connectivity index (χ3v) is 2.38. The predicted octanol–water partition coefficient (Wildman–Crippen LogP) is 2.54. The van der Waals surface area contributed by atoms with Crippen LogP contribution in [0.4, 0.5) is 0 Å². The summed E-state index contributed by atoms with van der Waals surface area (Å²) in [5.74, 6) is 0.974. The molecule has 0 aliphatic heterocycles. The van der Waals surface area contributed by atoms with Gasteiger partial charge >= 0.3 is 0 Å². The minimum absolute atomic E-state index is 0.466. The molecule has 0 amide bonds. The second-order valence-corrected chi connectivity index (χ2v) is 4.08. The second-order valence-electron chi connectivity index (χ2n) is 3.21. The van der Waals surface area contributed by atoms with Crippen LogP contribution >= 0.6 is 23.2 Å². The maximum atomic E-state index is 5.88. The number of aromatic nitrogens is 2. The van der Waals surface area contributed by atoms with Crippen molar-refractivity contribution >= 4 is 23.2 Å². The fraction of sp³-hybridized carbons (Fsp3) is 0.200. The van der Waals surface area contributed by atoms with E-state index in [1.165, 1.54) is 0 Å². The van der Waals surface area contributed by atoms with Gasteiger partial charge in [0.1, 0.15) is 0 Å². The van der Waals surface area contributed by atoms with Gasteiger partial charge in [-0.2, -0.15) is 4.98 Å². The van der Waals surface area contributed by atoms with E-state index in [9.17, 15) is 0 Å². The highest BCUT2D eigenvalue weighted by Gasteiger charge is 2.09. The molecule has 1 aromatic carbocycles. The number of rotatable bonds is 3. The van der Waals surface area contributed by atoms with E-state index in [0.717, 1.165) is 5.56 Å². The molecule has 6 heteroatoms. The Kier molecular flexibility index (Phi) is 3.43. The van der Waals surface area contributed by atoms with Crippen LogP contribution in [0.15, 0.2) is 22.7 Å². The Morgan fingerprint density at radius 1 is 1.19 bits per heavy atom. The van der Waals surface area contributed by atoms with E-state index in [2.05, 4.69) is 10.1 Å². The number of benzene rings is 1. The quantitative estimate of drug-likeness (QED) is 0.918. The lowest BCUT2D eigenvalue weighted by Gasteiger charge is -1.96. The fourth-order valence-corrected chi connectivity index (χ4v) is 1.81. The zero-order valence-electron chi connectivity index (χ0n) is 8.28. The van der Waals surface area contributed by atoms with E-state index in [-0.39, 0.29) is 0 Å². The summed E-state index contributed by atoms with van der Waals surface area (Å²) >= 11 is 11.8. The van der Waals surface area contributed by atoms with Crippen LogP contribution in [0.3, 0.4) is 0 Å². The van der Waals surface area contributed by atoms with Gasteiger partial charge in [0.05, 0.1) is 0 Å². The summed E-state index contributed by atoms with van der Waals surface area (Å²) in [5, 5.41) is 4.90. The van der Waals surface area contributed by atoms with Crippen LogP contribution in [0.25, 0.3) is 11.4 Å². The van der Waals surface area contributed by atoms with E-state index in [4.69, 9.17) is 33.5 Å².